The summed E-state index contributed by atoms with van der Waals surface area (Å²) in [5.41, 5.74) is 12.4. The van der Waals surface area contributed by atoms with E-state index in [0.29, 0.717) is 0 Å². The normalized spacial score (nSPS) is 11.5. The molecule has 10 rings (SSSR count). The van der Waals surface area contributed by atoms with Crippen LogP contribution >= 0.6 is 11.3 Å². The summed E-state index contributed by atoms with van der Waals surface area (Å²) in [6.45, 7) is 0. The fraction of sp³-hybridized carbons (Fsp3) is 0. The highest BCUT2D eigenvalue weighted by atomic mass is 32.1. The Morgan fingerprint density at radius 2 is 0.863 bits per heavy atom. The van der Waals surface area contributed by atoms with Crippen molar-refractivity contribution >= 4 is 70.5 Å². The molecule has 3 heteroatoms. The molecule has 0 aliphatic rings. The zero-order chi connectivity index (χ0) is 33.7. The van der Waals surface area contributed by atoms with Gasteiger partial charge in [0.15, 0.2) is 5.58 Å². The Morgan fingerprint density at radius 3 is 1.45 bits per heavy atom. The van der Waals surface area contributed by atoms with E-state index >= 15 is 0 Å². The van der Waals surface area contributed by atoms with E-state index in [1.54, 1.807) is 0 Å². The van der Waals surface area contributed by atoms with Crippen molar-refractivity contribution in [1.29, 1.82) is 0 Å². The average Bonchev–Trinajstić information content (AvgIpc) is 3.78. The molecule has 0 amide bonds. The van der Waals surface area contributed by atoms with Gasteiger partial charge in [-0.1, -0.05) is 133 Å². The van der Waals surface area contributed by atoms with Gasteiger partial charge >= 0.3 is 0 Å². The number of furan rings is 1. The van der Waals surface area contributed by atoms with Crippen molar-refractivity contribution in [2.24, 2.45) is 0 Å². The first-order chi connectivity index (χ1) is 25.3. The highest BCUT2D eigenvalue weighted by molar-refractivity contribution is 7.26. The molecular formula is C48H31NOS. The fourth-order valence-electron chi connectivity index (χ4n) is 7.40. The van der Waals surface area contributed by atoms with Gasteiger partial charge in [-0.05, 0) is 88.0 Å². The summed E-state index contributed by atoms with van der Waals surface area (Å²) in [7, 11) is 0. The van der Waals surface area contributed by atoms with Gasteiger partial charge in [-0.2, -0.15) is 0 Å². The van der Waals surface area contributed by atoms with Crippen LogP contribution in [0.4, 0.5) is 17.1 Å². The second kappa shape index (κ2) is 12.2. The molecule has 2 nitrogen and oxygen atoms in total. The van der Waals surface area contributed by atoms with Gasteiger partial charge in [-0.15, -0.1) is 11.3 Å². The molecule has 0 atom stereocenters. The van der Waals surface area contributed by atoms with E-state index in [0.717, 1.165) is 39.0 Å². The van der Waals surface area contributed by atoms with E-state index in [9.17, 15) is 0 Å². The predicted molar refractivity (Wildman–Crippen MR) is 218 cm³/mol. The van der Waals surface area contributed by atoms with Crippen molar-refractivity contribution in [3.05, 3.63) is 188 Å². The molecule has 0 saturated heterocycles. The van der Waals surface area contributed by atoms with Gasteiger partial charge in [0.2, 0.25) is 0 Å². The van der Waals surface area contributed by atoms with Gasteiger partial charge in [0.25, 0.3) is 0 Å². The molecule has 0 spiro atoms. The molecule has 2 heterocycles. The summed E-state index contributed by atoms with van der Waals surface area (Å²) in [6.07, 6.45) is 0. The third-order valence-corrected chi connectivity index (χ3v) is 11.1. The number of fused-ring (bicyclic) bond motifs is 7. The predicted octanol–water partition coefficient (Wildman–Crippen LogP) is 14.4. The monoisotopic (exact) mass is 669 g/mol. The highest BCUT2D eigenvalue weighted by Crippen LogP contribution is 2.47. The van der Waals surface area contributed by atoms with Crippen molar-refractivity contribution in [1.82, 2.24) is 0 Å². The maximum absolute atomic E-state index is 6.51. The third kappa shape index (κ3) is 5.10. The summed E-state index contributed by atoms with van der Waals surface area (Å²) < 4.78 is 8.97. The molecule has 2 aromatic heterocycles. The smallest absolute Gasteiger partial charge is 0.153 e. The third-order valence-electron chi connectivity index (χ3n) is 9.90. The zero-order valence-electron chi connectivity index (χ0n) is 27.7. The van der Waals surface area contributed by atoms with Crippen LogP contribution in [-0.4, -0.2) is 0 Å². The van der Waals surface area contributed by atoms with E-state index < -0.39 is 0 Å². The van der Waals surface area contributed by atoms with E-state index in [4.69, 9.17) is 4.42 Å². The SMILES string of the molecule is c1ccc(-c2ccc(N(c3ccc(-c4ccccc4)cc3)c3ccc(-c4cc5c6ccccc6oc5c5sc6ccccc6c45)cc3)cc2)cc1. The lowest BCUT2D eigenvalue weighted by molar-refractivity contribution is 0.673. The molecule has 0 aliphatic carbocycles. The minimum absolute atomic E-state index is 0.922. The number of rotatable bonds is 6. The number of benzene rings is 8. The Kier molecular flexibility index (Phi) is 7.04. The van der Waals surface area contributed by atoms with Crippen molar-refractivity contribution in [2.45, 2.75) is 0 Å². The van der Waals surface area contributed by atoms with Crippen LogP contribution in [0.15, 0.2) is 192 Å². The molecule has 0 saturated carbocycles. The molecule has 0 N–H and O–H groups in total. The maximum Gasteiger partial charge on any atom is 0.153 e. The van der Waals surface area contributed by atoms with Crippen LogP contribution in [0, 0.1) is 0 Å². The van der Waals surface area contributed by atoms with Crippen molar-refractivity contribution in [3.8, 4) is 33.4 Å². The lowest BCUT2D eigenvalue weighted by Crippen LogP contribution is -2.09. The van der Waals surface area contributed by atoms with Crippen LogP contribution in [0.5, 0.6) is 0 Å². The Bertz CT molecular complexity index is 2730. The first-order valence-electron chi connectivity index (χ1n) is 17.3. The molecule has 0 aliphatic heterocycles. The maximum atomic E-state index is 6.51. The molecule has 0 bridgehead atoms. The molecule has 0 unspecified atom stereocenters. The molecule has 0 radical (unpaired) electrons. The molecule has 51 heavy (non-hydrogen) atoms. The highest BCUT2D eigenvalue weighted by Gasteiger charge is 2.20. The second-order valence-corrected chi connectivity index (χ2v) is 14.0. The van der Waals surface area contributed by atoms with E-state index in [1.807, 2.05) is 17.4 Å². The van der Waals surface area contributed by atoms with Crippen molar-refractivity contribution < 1.29 is 4.42 Å². The second-order valence-electron chi connectivity index (χ2n) is 12.9. The van der Waals surface area contributed by atoms with E-state index in [2.05, 4.69) is 187 Å². The summed E-state index contributed by atoms with van der Waals surface area (Å²) in [5.74, 6) is 0. The van der Waals surface area contributed by atoms with Gasteiger partial charge in [0.1, 0.15) is 5.58 Å². The Hall–Kier alpha value is -6.42. The number of nitrogens with zero attached hydrogens (tertiary/aromatic N) is 1. The van der Waals surface area contributed by atoms with Crippen LogP contribution in [0.1, 0.15) is 0 Å². The minimum atomic E-state index is 0.922. The quantitative estimate of drug-likeness (QED) is 0.175. The molecule has 10 aromatic rings. The molecule has 8 aromatic carbocycles. The van der Waals surface area contributed by atoms with Crippen LogP contribution in [0.25, 0.3) is 75.5 Å². The number of hydrogen-bond donors (Lipinski definition) is 0. The number of hydrogen-bond acceptors (Lipinski definition) is 3. The molecular weight excluding hydrogens is 639 g/mol. The van der Waals surface area contributed by atoms with Gasteiger partial charge in [-0.3, -0.25) is 0 Å². The Morgan fingerprint density at radius 1 is 0.392 bits per heavy atom. The van der Waals surface area contributed by atoms with Gasteiger partial charge < -0.3 is 9.32 Å². The summed E-state index contributed by atoms with van der Waals surface area (Å²) in [6, 6.07) is 67.3. The van der Waals surface area contributed by atoms with Crippen LogP contribution < -0.4 is 4.90 Å². The number of para-hydroxylation sites is 1. The van der Waals surface area contributed by atoms with Crippen LogP contribution in [0.2, 0.25) is 0 Å². The standard InChI is InChI=1S/C48H31NOS/c1-3-11-32(12-4-1)34-19-25-37(26-20-34)49(38-27-21-35(22-28-38)33-13-5-2-6-14-33)39-29-23-36(24-30-39)42-31-43-40-15-7-9-17-44(40)50-47(43)48-46(42)41-16-8-10-18-45(41)51-48/h1-31H. The van der Waals surface area contributed by atoms with Crippen LogP contribution in [-0.2, 0) is 0 Å². The van der Waals surface area contributed by atoms with E-state index in [-0.39, 0.29) is 0 Å². The lowest BCUT2D eigenvalue weighted by atomic mass is 9.96. The molecule has 240 valence electrons. The average molecular weight is 670 g/mol. The lowest BCUT2D eigenvalue weighted by Gasteiger charge is -2.26. The van der Waals surface area contributed by atoms with Gasteiger partial charge in [-0.25, -0.2) is 0 Å². The summed E-state index contributed by atoms with van der Waals surface area (Å²) in [5, 5.41) is 4.81. The largest absolute Gasteiger partial charge is 0.455 e. The number of thiophene rings is 1. The topological polar surface area (TPSA) is 16.4 Å². The van der Waals surface area contributed by atoms with Gasteiger partial charge in [0.05, 0.1) is 4.70 Å². The number of anilines is 3. The Balaban J connectivity index is 1.11. The van der Waals surface area contributed by atoms with Crippen molar-refractivity contribution in [3.63, 3.8) is 0 Å². The molecule has 0 fully saturated rings. The first-order valence-corrected chi connectivity index (χ1v) is 18.1. The Labute approximate surface area is 300 Å². The minimum Gasteiger partial charge on any atom is -0.455 e. The zero-order valence-corrected chi connectivity index (χ0v) is 28.5. The van der Waals surface area contributed by atoms with Gasteiger partial charge in [0, 0.05) is 43.3 Å². The van der Waals surface area contributed by atoms with Crippen LogP contribution in [0.3, 0.4) is 0 Å². The summed E-state index contributed by atoms with van der Waals surface area (Å²) in [4.78, 5) is 2.34. The summed E-state index contributed by atoms with van der Waals surface area (Å²) >= 11 is 1.81. The fourth-order valence-corrected chi connectivity index (χ4v) is 8.61. The van der Waals surface area contributed by atoms with Crippen molar-refractivity contribution in [2.75, 3.05) is 4.90 Å². The first kappa shape index (κ1) is 29.5. The van der Waals surface area contributed by atoms with E-state index in [1.165, 1.54) is 53.6 Å².